The number of carboxylic acid groups (broad SMARTS) is 1. The van der Waals surface area contributed by atoms with Crippen molar-refractivity contribution in [2.75, 3.05) is 6.54 Å². The van der Waals surface area contributed by atoms with Gasteiger partial charge in [-0.15, -0.1) is 11.3 Å². The van der Waals surface area contributed by atoms with Gasteiger partial charge in [-0.1, -0.05) is 16.8 Å². The number of likely N-dealkylation sites (tertiary alicyclic amines) is 1. The number of nitrogens with zero attached hydrogens (tertiary/aromatic N) is 2. The summed E-state index contributed by atoms with van der Waals surface area (Å²) < 4.78 is 5.96. The lowest BCUT2D eigenvalue weighted by molar-refractivity contribution is 0.138. The second kappa shape index (κ2) is 4.86. The maximum Gasteiger partial charge on any atom is 0.407 e. The molecular weight excluding hydrogens is 288 g/mol. The van der Waals surface area contributed by atoms with Crippen LogP contribution in [0.1, 0.15) is 24.6 Å². The van der Waals surface area contributed by atoms with Crippen LogP contribution in [0.15, 0.2) is 22.0 Å². The van der Waals surface area contributed by atoms with Crippen molar-refractivity contribution >= 4 is 29.0 Å². The van der Waals surface area contributed by atoms with Crippen LogP contribution in [0.5, 0.6) is 0 Å². The molecule has 0 radical (unpaired) electrons. The fraction of sp³-hybridized carbons (Fsp3) is 0.333. The van der Waals surface area contributed by atoms with Crippen molar-refractivity contribution < 1.29 is 14.4 Å². The molecule has 7 heteroatoms. The van der Waals surface area contributed by atoms with Gasteiger partial charge in [-0.3, -0.25) is 4.90 Å². The molecule has 1 atom stereocenters. The maximum absolute atomic E-state index is 11.1. The van der Waals surface area contributed by atoms with E-state index < -0.39 is 6.09 Å². The van der Waals surface area contributed by atoms with Gasteiger partial charge >= 0.3 is 6.09 Å². The Morgan fingerprint density at radius 1 is 1.58 bits per heavy atom. The standard InChI is InChI=1S/C12H11ClN2O3S/c13-11-4-7(6-19-11)10-5-8(14-18-10)9-2-1-3-15(9)12(16)17/h4-6,9H,1-3H2,(H,16,17)/t9-/m1/s1. The Morgan fingerprint density at radius 3 is 3.11 bits per heavy atom. The van der Waals surface area contributed by atoms with Crippen molar-refractivity contribution in [2.24, 2.45) is 0 Å². The van der Waals surface area contributed by atoms with E-state index in [0.29, 0.717) is 22.3 Å². The third-order valence-corrected chi connectivity index (χ3v) is 4.31. The zero-order valence-electron chi connectivity index (χ0n) is 9.88. The number of rotatable bonds is 2. The van der Waals surface area contributed by atoms with E-state index in [1.165, 1.54) is 16.2 Å². The molecule has 5 nitrogen and oxygen atoms in total. The zero-order chi connectivity index (χ0) is 13.4. The largest absolute Gasteiger partial charge is 0.465 e. The van der Waals surface area contributed by atoms with Crippen molar-refractivity contribution in [3.05, 3.63) is 27.5 Å². The molecule has 2 aromatic heterocycles. The molecule has 3 heterocycles. The molecule has 1 fully saturated rings. The van der Waals surface area contributed by atoms with Crippen LogP contribution in [-0.2, 0) is 0 Å². The van der Waals surface area contributed by atoms with Gasteiger partial charge in [0.15, 0.2) is 5.76 Å². The van der Waals surface area contributed by atoms with Crippen LogP contribution in [0, 0.1) is 0 Å². The first-order valence-electron chi connectivity index (χ1n) is 5.86. The van der Waals surface area contributed by atoms with Gasteiger partial charge in [0.05, 0.1) is 10.4 Å². The topological polar surface area (TPSA) is 66.6 Å². The minimum Gasteiger partial charge on any atom is -0.465 e. The van der Waals surface area contributed by atoms with Crippen LogP contribution in [0.3, 0.4) is 0 Å². The minimum atomic E-state index is -0.911. The van der Waals surface area contributed by atoms with Crippen LogP contribution >= 0.6 is 22.9 Å². The number of thiophene rings is 1. The Kier molecular flexibility index (Phi) is 3.20. The third kappa shape index (κ3) is 2.33. The van der Waals surface area contributed by atoms with Gasteiger partial charge in [-0.2, -0.15) is 0 Å². The SMILES string of the molecule is O=C(O)N1CCC[C@@H]1c1cc(-c2csc(Cl)c2)on1. The molecule has 0 aromatic carbocycles. The van der Waals surface area contributed by atoms with Gasteiger partial charge in [0.25, 0.3) is 0 Å². The van der Waals surface area contributed by atoms with E-state index in [2.05, 4.69) is 5.16 Å². The molecule has 1 amide bonds. The summed E-state index contributed by atoms with van der Waals surface area (Å²) in [5, 5.41) is 15.0. The van der Waals surface area contributed by atoms with Crippen LogP contribution in [0.25, 0.3) is 11.3 Å². The lowest BCUT2D eigenvalue weighted by atomic mass is 10.1. The number of hydrogen-bond acceptors (Lipinski definition) is 4. The molecule has 2 aromatic rings. The summed E-state index contributed by atoms with van der Waals surface area (Å²) in [7, 11) is 0. The lowest BCUT2D eigenvalue weighted by Crippen LogP contribution is -2.28. The summed E-state index contributed by atoms with van der Waals surface area (Å²) in [6.07, 6.45) is 0.720. The van der Waals surface area contributed by atoms with Gasteiger partial charge < -0.3 is 9.63 Å². The van der Waals surface area contributed by atoms with E-state index in [1.807, 2.05) is 5.38 Å². The molecule has 0 spiro atoms. The van der Waals surface area contributed by atoms with Gasteiger partial charge in [0.2, 0.25) is 0 Å². The highest BCUT2D eigenvalue weighted by molar-refractivity contribution is 7.14. The summed E-state index contributed by atoms with van der Waals surface area (Å²) in [6.45, 7) is 0.548. The summed E-state index contributed by atoms with van der Waals surface area (Å²) in [4.78, 5) is 12.5. The Morgan fingerprint density at radius 2 is 2.42 bits per heavy atom. The summed E-state index contributed by atoms with van der Waals surface area (Å²) in [6, 6.07) is 3.40. The third-order valence-electron chi connectivity index (χ3n) is 3.22. The summed E-state index contributed by atoms with van der Waals surface area (Å²) in [5.41, 5.74) is 1.53. The fourth-order valence-electron chi connectivity index (χ4n) is 2.32. The molecule has 3 rings (SSSR count). The van der Waals surface area contributed by atoms with Crippen molar-refractivity contribution in [2.45, 2.75) is 18.9 Å². The monoisotopic (exact) mass is 298 g/mol. The van der Waals surface area contributed by atoms with E-state index in [-0.39, 0.29) is 6.04 Å². The first kappa shape index (κ1) is 12.5. The molecule has 0 unspecified atom stereocenters. The molecule has 19 heavy (non-hydrogen) atoms. The maximum atomic E-state index is 11.1. The highest BCUT2D eigenvalue weighted by Gasteiger charge is 2.32. The predicted octanol–water partition coefficient (Wildman–Crippen LogP) is 3.87. The van der Waals surface area contributed by atoms with E-state index in [1.54, 1.807) is 12.1 Å². The Hall–Kier alpha value is -1.53. The lowest BCUT2D eigenvalue weighted by Gasteiger charge is -2.18. The molecule has 1 N–H and O–H groups in total. The van der Waals surface area contributed by atoms with Crippen LogP contribution in [-0.4, -0.2) is 27.8 Å². The molecule has 100 valence electrons. The number of halogens is 1. The highest BCUT2D eigenvalue weighted by atomic mass is 35.5. The molecule has 0 bridgehead atoms. The smallest absolute Gasteiger partial charge is 0.407 e. The fourth-order valence-corrected chi connectivity index (χ4v) is 3.19. The Labute approximate surface area is 118 Å². The molecule has 0 aliphatic carbocycles. The number of hydrogen-bond donors (Lipinski definition) is 1. The van der Waals surface area contributed by atoms with Crippen molar-refractivity contribution in [1.82, 2.24) is 10.1 Å². The minimum absolute atomic E-state index is 0.205. The Bertz CT molecular complexity index is 610. The van der Waals surface area contributed by atoms with Gasteiger partial charge in [-0.05, 0) is 18.9 Å². The average Bonchev–Trinajstić information content (AvgIpc) is 3.07. The van der Waals surface area contributed by atoms with E-state index in [0.717, 1.165) is 18.4 Å². The van der Waals surface area contributed by atoms with E-state index >= 15 is 0 Å². The first-order valence-corrected chi connectivity index (χ1v) is 7.11. The van der Waals surface area contributed by atoms with Gasteiger partial charge in [-0.25, -0.2) is 4.79 Å². The molecule has 0 saturated carbocycles. The number of amides is 1. The molecular formula is C12H11ClN2O3S. The quantitative estimate of drug-likeness (QED) is 0.914. The number of aromatic nitrogens is 1. The Balaban J connectivity index is 1.87. The summed E-state index contributed by atoms with van der Waals surface area (Å²) in [5.74, 6) is 0.621. The second-order valence-electron chi connectivity index (χ2n) is 4.39. The predicted molar refractivity (Wildman–Crippen MR) is 71.5 cm³/mol. The summed E-state index contributed by atoms with van der Waals surface area (Å²) >= 11 is 7.30. The molecule has 1 saturated heterocycles. The van der Waals surface area contributed by atoms with E-state index in [9.17, 15) is 4.79 Å². The molecule has 1 aliphatic heterocycles. The van der Waals surface area contributed by atoms with Crippen molar-refractivity contribution in [3.8, 4) is 11.3 Å². The number of carbonyl (C=O) groups is 1. The van der Waals surface area contributed by atoms with Crippen molar-refractivity contribution in [3.63, 3.8) is 0 Å². The highest BCUT2D eigenvalue weighted by Crippen LogP contribution is 2.35. The zero-order valence-corrected chi connectivity index (χ0v) is 11.4. The first-order chi connectivity index (χ1) is 9.15. The molecule has 1 aliphatic rings. The van der Waals surface area contributed by atoms with E-state index in [4.69, 9.17) is 21.2 Å². The van der Waals surface area contributed by atoms with Crippen LogP contribution in [0.4, 0.5) is 4.79 Å². The van der Waals surface area contributed by atoms with Gasteiger partial charge in [0.1, 0.15) is 5.69 Å². The van der Waals surface area contributed by atoms with Gasteiger partial charge in [0, 0.05) is 23.6 Å². The normalized spacial score (nSPS) is 19.0. The van der Waals surface area contributed by atoms with Crippen molar-refractivity contribution in [1.29, 1.82) is 0 Å². The average molecular weight is 299 g/mol. The second-order valence-corrected chi connectivity index (χ2v) is 5.93. The van der Waals surface area contributed by atoms with Crippen LogP contribution in [0.2, 0.25) is 4.34 Å². The van der Waals surface area contributed by atoms with Crippen LogP contribution < -0.4 is 0 Å².